The molecule has 0 aromatic heterocycles. The highest BCUT2D eigenvalue weighted by Gasteiger charge is 2.03. The molecule has 4 N–H and O–H groups in total. The highest BCUT2D eigenvalue weighted by molar-refractivity contribution is 14.0. The number of hydrogen-bond donors (Lipinski definition) is 3. The number of amides is 1. The summed E-state index contributed by atoms with van der Waals surface area (Å²) >= 11 is 6.14. The molecule has 1 amide bonds. The summed E-state index contributed by atoms with van der Waals surface area (Å²) in [4.78, 5) is 15.4. The van der Waals surface area contributed by atoms with E-state index in [0.29, 0.717) is 24.6 Å². The van der Waals surface area contributed by atoms with E-state index in [0.717, 1.165) is 22.6 Å². The Bertz CT molecular complexity index is 737. The molecule has 2 aromatic rings. The van der Waals surface area contributed by atoms with Crippen LogP contribution in [0.25, 0.3) is 0 Å². The number of aliphatic imine (C=N–C) groups is 1. The maximum atomic E-state index is 11.2. The average Bonchev–Trinajstić information content (AvgIpc) is 2.59. The lowest BCUT2D eigenvalue weighted by Gasteiger charge is -2.12. The first-order valence-corrected chi connectivity index (χ1v) is 8.04. The van der Waals surface area contributed by atoms with Crippen molar-refractivity contribution in [3.8, 4) is 0 Å². The Balaban J connectivity index is 0.00000312. The minimum Gasteiger partial charge on any atom is -0.366 e. The van der Waals surface area contributed by atoms with Crippen LogP contribution in [0.5, 0.6) is 0 Å². The Kier molecular flexibility index (Phi) is 9.30. The van der Waals surface area contributed by atoms with Gasteiger partial charge in [0.25, 0.3) is 0 Å². The van der Waals surface area contributed by atoms with Crippen LogP contribution >= 0.6 is 35.6 Å². The van der Waals surface area contributed by atoms with E-state index in [2.05, 4.69) is 15.6 Å². The van der Waals surface area contributed by atoms with Crippen LogP contribution in [0.1, 0.15) is 21.5 Å². The molecule has 7 heteroatoms. The second-order valence-corrected chi connectivity index (χ2v) is 5.67. The van der Waals surface area contributed by atoms with Crippen molar-refractivity contribution in [3.63, 3.8) is 0 Å². The van der Waals surface area contributed by atoms with E-state index >= 15 is 0 Å². The summed E-state index contributed by atoms with van der Waals surface area (Å²) in [5.41, 5.74) is 7.84. The van der Waals surface area contributed by atoms with Crippen LogP contribution < -0.4 is 16.4 Å². The van der Waals surface area contributed by atoms with Crippen molar-refractivity contribution in [1.29, 1.82) is 0 Å². The summed E-state index contributed by atoms with van der Waals surface area (Å²) in [5.74, 6) is 0.255. The van der Waals surface area contributed by atoms with Crippen molar-refractivity contribution >= 4 is 47.4 Å². The molecule has 0 saturated heterocycles. The Morgan fingerprint density at radius 3 is 2.60 bits per heavy atom. The normalized spacial score (nSPS) is 10.7. The van der Waals surface area contributed by atoms with E-state index in [9.17, 15) is 4.79 Å². The van der Waals surface area contributed by atoms with Gasteiger partial charge in [-0.25, -0.2) is 0 Å². The minimum atomic E-state index is -0.431. The van der Waals surface area contributed by atoms with Crippen LogP contribution in [0.15, 0.2) is 53.5 Å². The van der Waals surface area contributed by atoms with E-state index < -0.39 is 5.91 Å². The van der Waals surface area contributed by atoms with Crippen molar-refractivity contribution in [2.24, 2.45) is 10.7 Å². The zero-order valence-electron chi connectivity index (χ0n) is 14.0. The molecule has 0 fully saturated rings. The molecule has 0 aliphatic heterocycles. The van der Waals surface area contributed by atoms with Gasteiger partial charge in [0.15, 0.2) is 5.96 Å². The zero-order chi connectivity index (χ0) is 17.4. The Labute approximate surface area is 170 Å². The maximum Gasteiger partial charge on any atom is 0.248 e. The number of primary amides is 1. The van der Waals surface area contributed by atoms with Gasteiger partial charge in [0, 0.05) is 30.7 Å². The van der Waals surface area contributed by atoms with Gasteiger partial charge in [0.05, 0.1) is 0 Å². The number of hydrogen-bond acceptors (Lipinski definition) is 2. The van der Waals surface area contributed by atoms with E-state index in [1.54, 1.807) is 19.2 Å². The Hall–Kier alpha value is -1.80. The fraction of sp³-hybridized carbons (Fsp3) is 0.222. The van der Waals surface area contributed by atoms with Crippen LogP contribution in [0.3, 0.4) is 0 Å². The number of nitrogens with one attached hydrogen (secondary N) is 2. The molecule has 2 aromatic carbocycles. The third-order valence-corrected chi connectivity index (χ3v) is 3.91. The summed E-state index contributed by atoms with van der Waals surface area (Å²) < 4.78 is 0. The largest absolute Gasteiger partial charge is 0.366 e. The quantitative estimate of drug-likeness (QED) is 0.344. The lowest BCUT2D eigenvalue weighted by Crippen LogP contribution is -2.37. The molecule has 0 unspecified atom stereocenters. The molecule has 0 atom stereocenters. The molecule has 134 valence electrons. The van der Waals surface area contributed by atoms with Crippen LogP contribution in [0, 0.1) is 0 Å². The van der Waals surface area contributed by atoms with Gasteiger partial charge in [-0.05, 0) is 35.7 Å². The average molecular weight is 473 g/mol. The van der Waals surface area contributed by atoms with Gasteiger partial charge in [-0.15, -0.1) is 24.0 Å². The summed E-state index contributed by atoms with van der Waals surface area (Å²) in [6, 6.07) is 15.0. The molecule has 0 aliphatic rings. The van der Waals surface area contributed by atoms with Crippen molar-refractivity contribution in [1.82, 2.24) is 10.6 Å². The van der Waals surface area contributed by atoms with E-state index in [-0.39, 0.29) is 24.0 Å². The SMILES string of the molecule is CN=C(NCCc1ccccc1Cl)NCc1cccc(C(N)=O)c1.I. The van der Waals surface area contributed by atoms with Gasteiger partial charge >= 0.3 is 0 Å². The van der Waals surface area contributed by atoms with Gasteiger partial charge in [-0.3, -0.25) is 9.79 Å². The predicted molar refractivity (Wildman–Crippen MR) is 114 cm³/mol. The summed E-state index contributed by atoms with van der Waals surface area (Å²) in [5, 5.41) is 7.22. The summed E-state index contributed by atoms with van der Waals surface area (Å²) in [6.07, 6.45) is 0.803. The molecule has 0 bridgehead atoms. The monoisotopic (exact) mass is 472 g/mol. The molecule has 0 radical (unpaired) electrons. The standard InChI is InChI=1S/C18H21ClN4O.HI/c1-21-18(22-10-9-14-6-2-3-8-16(14)19)23-12-13-5-4-7-15(11-13)17(20)24;/h2-8,11H,9-10,12H2,1H3,(H2,20,24)(H2,21,22,23);1H. The topological polar surface area (TPSA) is 79.5 Å². The van der Waals surface area contributed by atoms with Crippen LogP contribution in [-0.2, 0) is 13.0 Å². The van der Waals surface area contributed by atoms with Crippen molar-refractivity contribution in [3.05, 3.63) is 70.2 Å². The second-order valence-electron chi connectivity index (χ2n) is 5.26. The number of benzene rings is 2. The van der Waals surface area contributed by atoms with E-state index in [1.807, 2.05) is 36.4 Å². The third kappa shape index (κ3) is 6.91. The smallest absolute Gasteiger partial charge is 0.248 e. The van der Waals surface area contributed by atoms with Gasteiger partial charge in [-0.2, -0.15) is 0 Å². The van der Waals surface area contributed by atoms with Crippen molar-refractivity contribution in [2.75, 3.05) is 13.6 Å². The molecule has 0 heterocycles. The Morgan fingerprint density at radius 1 is 1.16 bits per heavy atom. The molecule has 5 nitrogen and oxygen atoms in total. The molecule has 0 aliphatic carbocycles. The highest BCUT2D eigenvalue weighted by Crippen LogP contribution is 2.14. The predicted octanol–water partition coefficient (Wildman–Crippen LogP) is 2.96. The first-order chi connectivity index (χ1) is 11.6. The molecule has 2 rings (SSSR count). The zero-order valence-corrected chi connectivity index (χ0v) is 17.0. The van der Waals surface area contributed by atoms with Crippen molar-refractivity contribution in [2.45, 2.75) is 13.0 Å². The van der Waals surface area contributed by atoms with E-state index in [4.69, 9.17) is 17.3 Å². The van der Waals surface area contributed by atoms with Gasteiger partial charge in [0.1, 0.15) is 0 Å². The third-order valence-electron chi connectivity index (χ3n) is 3.54. The number of rotatable bonds is 6. The van der Waals surface area contributed by atoms with Crippen molar-refractivity contribution < 1.29 is 4.79 Å². The minimum absolute atomic E-state index is 0. The van der Waals surface area contributed by atoms with Gasteiger partial charge < -0.3 is 16.4 Å². The number of halogens is 2. The number of carbonyl (C=O) groups is 1. The lowest BCUT2D eigenvalue weighted by atomic mass is 10.1. The molecular formula is C18H22ClIN4O. The maximum absolute atomic E-state index is 11.2. The lowest BCUT2D eigenvalue weighted by molar-refractivity contribution is 0.1000. The molecule has 25 heavy (non-hydrogen) atoms. The van der Waals surface area contributed by atoms with Crippen LogP contribution in [-0.4, -0.2) is 25.5 Å². The number of carbonyl (C=O) groups excluding carboxylic acids is 1. The van der Waals surface area contributed by atoms with Gasteiger partial charge in [0.2, 0.25) is 5.91 Å². The molecular weight excluding hydrogens is 451 g/mol. The Morgan fingerprint density at radius 2 is 1.92 bits per heavy atom. The van der Waals surface area contributed by atoms with Crippen LogP contribution in [0.4, 0.5) is 0 Å². The summed E-state index contributed by atoms with van der Waals surface area (Å²) in [6.45, 7) is 1.26. The first-order valence-electron chi connectivity index (χ1n) is 7.67. The van der Waals surface area contributed by atoms with Crippen LogP contribution in [0.2, 0.25) is 5.02 Å². The highest BCUT2D eigenvalue weighted by atomic mass is 127. The number of guanidine groups is 1. The van der Waals surface area contributed by atoms with E-state index in [1.165, 1.54) is 0 Å². The number of nitrogens with two attached hydrogens (primary N) is 1. The second kappa shape index (κ2) is 10.9. The van der Waals surface area contributed by atoms with Gasteiger partial charge in [-0.1, -0.05) is 41.9 Å². The summed E-state index contributed by atoms with van der Waals surface area (Å²) in [7, 11) is 1.71. The fourth-order valence-electron chi connectivity index (χ4n) is 2.26. The first kappa shape index (κ1) is 21.2. The fourth-order valence-corrected chi connectivity index (χ4v) is 2.49. The number of nitrogens with zero attached hydrogens (tertiary/aromatic N) is 1. The molecule has 0 spiro atoms. The molecule has 0 saturated carbocycles.